The molecular weight excluding hydrogens is 441 g/mol. The van der Waals surface area contributed by atoms with E-state index in [9.17, 15) is 0 Å². The first-order valence-corrected chi connectivity index (χ1v) is 9.09. The van der Waals surface area contributed by atoms with Crippen LogP contribution in [0.3, 0.4) is 0 Å². The highest BCUT2D eigenvalue weighted by atomic mass is 127. The maximum atomic E-state index is 5.66. The number of ether oxygens (including phenoxy) is 1. The summed E-state index contributed by atoms with van der Waals surface area (Å²) in [5.41, 5.74) is 2.00. The third kappa shape index (κ3) is 6.28. The van der Waals surface area contributed by atoms with Crippen molar-refractivity contribution in [1.82, 2.24) is 20.4 Å². The van der Waals surface area contributed by atoms with Crippen LogP contribution < -0.4 is 10.6 Å². The van der Waals surface area contributed by atoms with Crippen LogP contribution in [0.15, 0.2) is 47.6 Å². The molecule has 6 nitrogen and oxygen atoms in total. The van der Waals surface area contributed by atoms with Crippen molar-refractivity contribution in [2.75, 3.05) is 19.7 Å². The van der Waals surface area contributed by atoms with E-state index in [0.29, 0.717) is 12.6 Å². The number of guanidine groups is 1. The van der Waals surface area contributed by atoms with Gasteiger partial charge in [-0.2, -0.15) is 5.10 Å². The topological polar surface area (TPSA) is 63.5 Å². The summed E-state index contributed by atoms with van der Waals surface area (Å²) >= 11 is 0. The quantitative estimate of drug-likeness (QED) is 0.372. The van der Waals surface area contributed by atoms with Crippen molar-refractivity contribution in [3.63, 3.8) is 0 Å². The Morgan fingerprint density at radius 3 is 2.85 bits per heavy atom. The van der Waals surface area contributed by atoms with Crippen molar-refractivity contribution in [3.8, 4) is 5.69 Å². The summed E-state index contributed by atoms with van der Waals surface area (Å²) in [5, 5.41) is 11.3. The van der Waals surface area contributed by atoms with E-state index in [1.807, 2.05) is 47.3 Å². The molecule has 2 heterocycles. The number of aliphatic imine (C=N–C) groups is 1. The molecule has 0 spiro atoms. The maximum absolute atomic E-state index is 5.66. The second kappa shape index (κ2) is 11.2. The maximum Gasteiger partial charge on any atom is 0.191 e. The fraction of sp³-hybridized carbons (Fsp3) is 0.474. The number of hydrogen-bond donors (Lipinski definition) is 2. The summed E-state index contributed by atoms with van der Waals surface area (Å²) in [4.78, 5) is 4.63. The predicted octanol–water partition coefficient (Wildman–Crippen LogP) is 3.11. The van der Waals surface area contributed by atoms with E-state index in [2.05, 4.69) is 27.6 Å². The Labute approximate surface area is 172 Å². The van der Waals surface area contributed by atoms with E-state index in [1.165, 1.54) is 12.8 Å². The molecule has 7 heteroatoms. The lowest BCUT2D eigenvalue weighted by molar-refractivity contribution is 0.105. The molecule has 1 saturated heterocycles. The molecule has 2 N–H and O–H groups in total. The average Bonchev–Trinajstić information content (AvgIpc) is 3.32. The van der Waals surface area contributed by atoms with Crippen LogP contribution in [-0.4, -0.2) is 41.5 Å². The van der Waals surface area contributed by atoms with Crippen LogP contribution >= 0.6 is 24.0 Å². The Morgan fingerprint density at radius 2 is 2.12 bits per heavy atom. The Morgan fingerprint density at radius 1 is 1.27 bits per heavy atom. The number of hydrogen-bond acceptors (Lipinski definition) is 3. The van der Waals surface area contributed by atoms with Gasteiger partial charge in [-0.3, -0.25) is 0 Å². The highest BCUT2D eigenvalue weighted by Crippen LogP contribution is 2.14. The lowest BCUT2D eigenvalue weighted by atomic mass is 10.2. The number of halogens is 1. The minimum Gasteiger partial charge on any atom is -0.378 e. The fourth-order valence-electron chi connectivity index (χ4n) is 2.90. The van der Waals surface area contributed by atoms with Gasteiger partial charge < -0.3 is 15.4 Å². The van der Waals surface area contributed by atoms with E-state index in [0.717, 1.165) is 43.5 Å². The molecule has 1 fully saturated rings. The molecule has 0 radical (unpaired) electrons. The van der Waals surface area contributed by atoms with Crippen LogP contribution in [0.2, 0.25) is 0 Å². The number of aromatic nitrogens is 2. The number of nitrogens with zero attached hydrogens (tertiary/aromatic N) is 3. The zero-order valence-electron chi connectivity index (χ0n) is 15.2. The molecular formula is C19H28IN5O. The van der Waals surface area contributed by atoms with Crippen molar-refractivity contribution in [2.45, 2.75) is 38.8 Å². The van der Waals surface area contributed by atoms with E-state index >= 15 is 0 Å². The molecule has 142 valence electrons. The Hall–Kier alpha value is -1.61. The zero-order chi connectivity index (χ0) is 17.3. The van der Waals surface area contributed by atoms with Crippen molar-refractivity contribution < 1.29 is 4.74 Å². The van der Waals surface area contributed by atoms with Gasteiger partial charge in [-0.15, -0.1) is 24.0 Å². The first-order chi connectivity index (χ1) is 12.3. The van der Waals surface area contributed by atoms with Crippen LogP contribution in [0, 0.1) is 0 Å². The minimum atomic E-state index is 0. The molecule has 3 rings (SSSR count). The molecule has 1 aromatic carbocycles. The summed E-state index contributed by atoms with van der Waals surface area (Å²) in [5.74, 6) is 0.828. The van der Waals surface area contributed by atoms with Crippen LogP contribution in [0.4, 0.5) is 0 Å². The van der Waals surface area contributed by atoms with Crippen molar-refractivity contribution in [3.05, 3.63) is 48.3 Å². The van der Waals surface area contributed by atoms with Crippen LogP contribution in [0.25, 0.3) is 5.69 Å². The van der Waals surface area contributed by atoms with Crippen molar-refractivity contribution in [1.29, 1.82) is 0 Å². The lowest BCUT2D eigenvalue weighted by Crippen LogP contribution is -2.38. The molecule has 1 aromatic heterocycles. The monoisotopic (exact) mass is 469 g/mol. The third-order valence-electron chi connectivity index (χ3n) is 4.19. The standard InChI is InChI=1S/C19H27N5O.HI/c1-2-20-19(21-12-10-18-9-6-14-25-18)22-15-16-11-13-24(23-16)17-7-4-3-5-8-17;/h3-5,7-8,11,13,18H,2,6,9-10,12,14-15H2,1H3,(H2,20,21,22);1H. The van der Waals surface area contributed by atoms with Gasteiger partial charge in [0.25, 0.3) is 0 Å². The van der Waals surface area contributed by atoms with Gasteiger partial charge in [0.15, 0.2) is 5.96 Å². The summed E-state index contributed by atoms with van der Waals surface area (Å²) in [6, 6.07) is 12.1. The fourth-order valence-corrected chi connectivity index (χ4v) is 2.90. The number of nitrogens with one attached hydrogen (secondary N) is 2. The van der Waals surface area contributed by atoms with Gasteiger partial charge in [-0.05, 0) is 44.4 Å². The van der Waals surface area contributed by atoms with Gasteiger partial charge in [0.1, 0.15) is 0 Å². The Kier molecular flexibility index (Phi) is 8.90. The van der Waals surface area contributed by atoms with E-state index < -0.39 is 0 Å². The average molecular weight is 469 g/mol. The highest BCUT2D eigenvalue weighted by molar-refractivity contribution is 14.0. The van der Waals surface area contributed by atoms with Gasteiger partial charge in [0, 0.05) is 25.9 Å². The van der Waals surface area contributed by atoms with E-state index in [4.69, 9.17) is 4.74 Å². The van der Waals surface area contributed by atoms with Crippen LogP contribution in [-0.2, 0) is 11.3 Å². The SMILES string of the molecule is CCNC(=NCc1ccn(-c2ccccc2)n1)NCCC1CCCO1.I. The molecule has 0 saturated carbocycles. The van der Waals surface area contributed by atoms with E-state index in [-0.39, 0.29) is 24.0 Å². The van der Waals surface area contributed by atoms with E-state index in [1.54, 1.807) is 0 Å². The molecule has 0 amide bonds. The molecule has 1 aliphatic rings. The molecule has 1 unspecified atom stereocenters. The molecule has 0 bridgehead atoms. The second-order valence-electron chi connectivity index (χ2n) is 6.13. The molecule has 0 aliphatic carbocycles. The van der Waals surface area contributed by atoms with Gasteiger partial charge in [0.2, 0.25) is 0 Å². The number of rotatable bonds is 7. The summed E-state index contributed by atoms with van der Waals surface area (Å²) in [6.07, 6.45) is 5.75. The Bertz CT molecular complexity index is 668. The van der Waals surface area contributed by atoms with Crippen molar-refractivity contribution >= 4 is 29.9 Å². The second-order valence-corrected chi connectivity index (χ2v) is 6.13. The summed E-state index contributed by atoms with van der Waals surface area (Å²) in [7, 11) is 0. The number of para-hydroxylation sites is 1. The smallest absolute Gasteiger partial charge is 0.191 e. The van der Waals surface area contributed by atoms with Gasteiger partial charge in [-0.25, -0.2) is 9.67 Å². The zero-order valence-corrected chi connectivity index (χ0v) is 17.6. The Balaban J connectivity index is 0.00000243. The van der Waals surface area contributed by atoms with Crippen LogP contribution in [0.5, 0.6) is 0 Å². The summed E-state index contributed by atoms with van der Waals surface area (Å²) in [6.45, 7) is 5.23. The molecule has 2 aromatic rings. The van der Waals surface area contributed by atoms with Gasteiger partial charge in [-0.1, -0.05) is 18.2 Å². The number of benzene rings is 1. The first kappa shape index (κ1) is 20.7. The largest absolute Gasteiger partial charge is 0.378 e. The third-order valence-corrected chi connectivity index (χ3v) is 4.19. The van der Waals surface area contributed by atoms with Gasteiger partial charge >= 0.3 is 0 Å². The normalized spacial score (nSPS) is 17.0. The molecule has 26 heavy (non-hydrogen) atoms. The predicted molar refractivity (Wildman–Crippen MR) is 115 cm³/mol. The highest BCUT2D eigenvalue weighted by Gasteiger charge is 2.14. The van der Waals surface area contributed by atoms with Gasteiger partial charge in [0.05, 0.1) is 24.0 Å². The lowest BCUT2D eigenvalue weighted by Gasteiger charge is -2.13. The molecule has 1 atom stereocenters. The first-order valence-electron chi connectivity index (χ1n) is 9.09. The van der Waals surface area contributed by atoms with Crippen molar-refractivity contribution in [2.24, 2.45) is 4.99 Å². The minimum absolute atomic E-state index is 0. The summed E-state index contributed by atoms with van der Waals surface area (Å²) < 4.78 is 7.53. The van der Waals surface area contributed by atoms with Crippen LogP contribution in [0.1, 0.15) is 31.9 Å². The molecule has 1 aliphatic heterocycles.